The maximum atomic E-state index is 11.8. The first-order valence-electron chi connectivity index (χ1n) is 6.81. The van der Waals surface area contributed by atoms with Crippen molar-refractivity contribution in [1.29, 1.82) is 0 Å². The SMILES string of the molecule is CCOc1ccccc1OC(=O)COc1cccc(C)c1. The molecule has 0 saturated carbocycles. The molecule has 0 amide bonds. The zero-order valence-electron chi connectivity index (χ0n) is 12.2. The Morgan fingerprint density at radius 2 is 1.76 bits per heavy atom. The van der Waals surface area contributed by atoms with Gasteiger partial charge in [0.25, 0.3) is 0 Å². The van der Waals surface area contributed by atoms with Gasteiger partial charge in [-0.15, -0.1) is 0 Å². The lowest BCUT2D eigenvalue weighted by atomic mass is 10.2. The Balaban J connectivity index is 1.93. The van der Waals surface area contributed by atoms with Crippen LogP contribution in [0, 0.1) is 6.92 Å². The average molecular weight is 286 g/mol. The summed E-state index contributed by atoms with van der Waals surface area (Å²) < 4.78 is 16.1. The normalized spacial score (nSPS) is 10.0. The first kappa shape index (κ1) is 14.9. The molecule has 0 saturated heterocycles. The average Bonchev–Trinajstić information content (AvgIpc) is 2.48. The molecule has 0 atom stereocenters. The van der Waals surface area contributed by atoms with Crippen molar-refractivity contribution < 1.29 is 19.0 Å². The Morgan fingerprint density at radius 1 is 1.00 bits per heavy atom. The highest BCUT2D eigenvalue weighted by Gasteiger charge is 2.10. The second-order valence-electron chi connectivity index (χ2n) is 4.46. The van der Waals surface area contributed by atoms with Crippen molar-refractivity contribution >= 4 is 5.97 Å². The van der Waals surface area contributed by atoms with Crippen molar-refractivity contribution in [2.45, 2.75) is 13.8 Å². The van der Waals surface area contributed by atoms with Crippen molar-refractivity contribution in [2.75, 3.05) is 13.2 Å². The summed E-state index contributed by atoms with van der Waals surface area (Å²) in [6, 6.07) is 14.6. The second-order valence-corrected chi connectivity index (χ2v) is 4.46. The molecule has 4 heteroatoms. The number of ether oxygens (including phenoxy) is 3. The molecule has 0 radical (unpaired) electrons. The maximum Gasteiger partial charge on any atom is 0.349 e. The molecule has 0 unspecified atom stereocenters. The van der Waals surface area contributed by atoms with E-state index in [0.29, 0.717) is 23.9 Å². The van der Waals surface area contributed by atoms with Gasteiger partial charge in [0.05, 0.1) is 6.61 Å². The van der Waals surface area contributed by atoms with Gasteiger partial charge in [0.1, 0.15) is 5.75 Å². The van der Waals surface area contributed by atoms with E-state index >= 15 is 0 Å². The molecule has 0 aliphatic rings. The first-order valence-corrected chi connectivity index (χ1v) is 6.81. The largest absolute Gasteiger partial charge is 0.490 e. The lowest BCUT2D eigenvalue weighted by Gasteiger charge is -2.10. The Hall–Kier alpha value is -2.49. The monoisotopic (exact) mass is 286 g/mol. The van der Waals surface area contributed by atoms with Gasteiger partial charge in [0, 0.05) is 0 Å². The number of hydrogen-bond acceptors (Lipinski definition) is 4. The van der Waals surface area contributed by atoms with Crippen LogP contribution in [-0.2, 0) is 4.79 Å². The number of esters is 1. The van der Waals surface area contributed by atoms with Crippen LogP contribution in [0.15, 0.2) is 48.5 Å². The highest BCUT2D eigenvalue weighted by molar-refractivity contribution is 5.74. The lowest BCUT2D eigenvalue weighted by molar-refractivity contribution is -0.136. The zero-order chi connectivity index (χ0) is 15.1. The molecule has 0 heterocycles. The summed E-state index contributed by atoms with van der Waals surface area (Å²) >= 11 is 0. The van der Waals surface area contributed by atoms with E-state index in [9.17, 15) is 4.79 Å². The number of hydrogen-bond donors (Lipinski definition) is 0. The second kappa shape index (κ2) is 7.33. The fourth-order valence-electron chi connectivity index (χ4n) is 1.81. The summed E-state index contributed by atoms with van der Waals surface area (Å²) in [5, 5.41) is 0. The maximum absolute atomic E-state index is 11.8. The third-order valence-electron chi connectivity index (χ3n) is 2.72. The van der Waals surface area contributed by atoms with Gasteiger partial charge < -0.3 is 14.2 Å². The van der Waals surface area contributed by atoms with E-state index in [4.69, 9.17) is 14.2 Å². The van der Waals surface area contributed by atoms with Crippen LogP contribution in [-0.4, -0.2) is 19.2 Å². The third kappa shape index (κ3) is 4.53. The van der Waals surface area contributed by atoms with E-state index in [1.54, 1.807) is 24.3 Å². The number of benzene rings is 2. The molecule has 0 N–H and O–H groups in total. The van der Waals surface area contributed by atoms with Crippen LogP contribution < -0.4 is 14.2 Å². The molecule has 2 rings (SSSR count). The molecule has 21 heavy (non-hydrogen) atoms. The fraction of sp³-hybridized carbons (Fsp3) is 0.235. The first-order chi connectivity index (χ1) is 10.2. The van der Waals surface area contributed by atoms with E-state index in [0.717, 1.165) is 5.56 Å². The summed E-state index contributed by atoms with van der Waals surface area (Å²) in [6.07, 6.45) is 0. The summed E-state index contributed by atoms with van der Waals surface area (Å²) in [7, 11) is 0. The highest BCUT2D eigenvalue weighted by Crippen LogP contribution is 2.26. The van der Waals surface area contributed by atoms with Crippen LogP contribution in [0.25, 0.3) is 0 Å². The summed E-state index contributed by atoms with van der Waals surface area (Å²) in [5.74, 6) is 1.12. The van der Waals surface area contributed by atoms with Crippen molar-refractivity contribution in [3.63, 3.8) is 0 Å². The lowest BCUT2D eigenvalue weighted by Crippen LogP contribution is -2.18. The standard InChI is InChI=1S/C17H18O4/c1-3-19-15-9-4-5-10-16(15)21-17(18)12-20-14-8-6-7-13(2)11-14/h4-11H,3,12H2,1-2H3. The molecule has 110 valence electrons. The molecule has 0 aliphatic carbocycles. The summed E-state index contributed by atoms with van der Waals surface area (Å²) in [5.41, 5.74) is 1.07. The van der Waals surface area contributed by atoms with Crippen molar-refractivity contribution in [1.82, 2.24) is 0 Å². The van der Waals surface area contributed by atoms with Gasteiger partial charge in [-0.1, -0.05) is 24.3 Å². The van der Waals surface area contributed by atoms with Crippen LogP contribution in [0.2, 0.25) is 0 Å². The van der Waals surface area contributed by atoms with E-state index in [1.807, 2.05) is 38.1 Å². The number of aryl methyl sites for hydroxylation is 1. The smallest absolute Gasteiger partial charge is 0.349 e. The Kier molecular flexibility index (Phi) is 5.21. The van der Waals surface area contributed by atoms with E-state index < -0.39 is 5.97 Å². The van der Waals surface area contributed by atoms with Gasteiger partial charge in [-0.25, -0.2) is 4.79 Å². The molecular formula is C17H18O4. The number of carbonyl (C=O) groups excluding carboxylic acids is 1. The van der Waals surface area contributed by atoms with Gasteiger partial charge >= 0.3 is 5.97 Å². The number of rotatable bonds is 6. The quantitative estimate of drug-likeness (QED) is 0.603. The van der Waals surface area contributed by atoms with Crippen LogP contribution in [0.1, 0.15) is 12.5 Å². The predicted molar refractivity (Wildman–Crippen MR) is 79.9 cm³/mol. The van der Waals surface area contributed by atoms with Crippen LogP contribution in [0.4, 0.5) is 0 Å². The van der Waals surface area contributed by atoms with Crippen LogP contribution in [0.5, 0.6) is 17.2 Å². The number of carbonyl (C=O) groups is 1. The molecule has 0 aliphatic heterocycles. The predicted octanol–water partition coefficient (Wildman–Crippen LogP) is 3.38. The van der Waals surface area contributed by atoms with Crippen molar-refractivity contribution in [2.24, 2.45) is 0 Å². The van der Waals surface area contributed by atoms with Gasteiger partial charge in [0.2, 0.25) is 0 Å². The molecule has 0 aromatic heterocycles. The minimum absolute atomic E-state index is 0.149. The zero-order valence-corrected chi connectivity index (χ0v) is 12.2. The highest BCUT2D eigenvalue weighted by atomic mass is 16.6. The molecule has 0 bridgehead atoms. The van der Waals surface area contributed by atoms with Crippen LogP contribution >= 0.6 is 0 Å². The minimum Gasteiger partial charge on any atom is -0.490 e. The molecule has 4 nitrogen and oxygen atoms in total. The van der Waals surface area contributed by atoms with E-state index in [2.05, 4.69) is 0 Å². The van der Waals surface area contributed by atoms with Gasteiger partial charge in [-0.05, 0) is 43.7 Å². The van der Waals surface area contributed by atoms with E-state index in [-0.39, 0.29) is 6.61 Å². The molecule has 2 aromatic carbocycles. The van der Waals surface area contributed by atoms with Gasteiger partial charge in [0.15, 0.2) is 18.1 Å². The Morgan fingerprint density at radius 3 is 2.48 bits per heavy atom. The number of para-hydroxylation sites is 2. The fourth-order valence-corrected chi connectivity index (χ4v) is 1.81. The van der Waals surface area contributed by atoms with Crippen LogP contribution in [0.3, 0.4) is 0 Å². The Labute approximate surface area is 124 Å². The van der Waals surface area contributed by atoms with Gasteiger partial charge in [-0.3, -0.25) is 0 Å². The minimum atomic E-state index is -0.469. The molecule has 2 aromatic rings. The van der Waals surface area contributed by atoms with E-state index in [1.165, 1.54) is 0 Å². The third-order valence-corrected chi connectivity index (χ3v) is 2.72. The van der Waals surface area contributed by atoms with Crippen molar-refractivity contribution in [3.8, 4) is 17.2 Å². The summed E-state index contributed by atoms with van der Waals surface area (Å²) in [6.45, 7) is 4.20. The molecular weight excluding hydrogens is 268 g/mol. The topological polar surface area (TPSA) is 44.8 Å². The summed E-state index contributed by atoms with van der Waals surface area (Å²) in [4.78, 5) is 11.8. The molecule has 0 spiro atoms. The van der Waals surface area contributed by atoms with Crippen molar-refractivity contribution in [3.05, 3.63) is 54.1 Å². The molecule has 0 fully saturated rings. The Bertz CT molecular complexity index is 607. The van der Waals surface area contributed by atoms with Gasteiger partial charge in [-0.2, -0.15) is 0 Å².